The zero-order chi connectivity index (χ0) is 11.1. The highest BCUT2D eigenvalue weighted by Gasteiger charge is 2.00. The standard InChI is InChI=1S/C11H13NO3/c13-10(5-6-11(14)15)12-8-7-9-3-1-2-4-9/h1-3,5-6H,4,7-8H2,(H,12,13)(H,14,15)/b6-5+. The number of rotatable bonds is 5. The van der Waals surface area contributed by atoms with E-state index < -0.39 is 5.97 Å². The van der Waals surface area contributed by atoms with Crippen LogP contribution in [0, 0.1) is 0 Å². The average Bonchev–Trinajstić information content (AvgIpc) is 2.67. The van der Waals surface area contributed by atoms with Gasteiger partial charge in [0.2, 0.25) is 5.91 Å². The Morgan fingerprint density at radius 1 is 1.47 bits per heavy atom. The molecule has 1 amide bonds. The lowest BCUT2D eigenvalue weighted by Gasteiger charge is -2.02. The first-order valence-electron chi connectivity index (χ1n) is 4.72. The third-order valence-corrected chi connectivity index (χ3v) is 1.97. The Morgan fingerprint density at radius 2 is 2.27 bits per heavy atom. The van der Waals surface area contributed by atoms with Gasteiger partial charge in [0.05, 0.1) is 0 Å². The molecule has 80 valence electrons. The fraction of sp³-hybridized carbons (Fsp3) is 0.273. The van der Waals surface area contributed by atoms with E-state index in [0.29, 0.717) is 6.54 Å². The minimum atomic E-state index is -1.12. The molecule has 15 heavy (non-hydrogen) atoms. The summed E-state index contributed by atoms with van der Waals surface area (Å²) in [4.78, 5) is 21.1. The third kappa shape index (κ3) is 4.81. The van der Waals surface area contributed by atoms with Crippen molar-refractivity contribution in [3.05, 3.63) is 36.0 Å². The van der Waals surface area contributed by atoms with Gasteiger partial charge in [0.15, 0.2) is 0 Å². The zero-order valence-corrected chi connectivity index (χ0v) is 8.27. The smallest absolute Gasteiger partial charge is 0.328 e. The number of carboxylic acids is 1. The van der Waals surface area contributed by atoms with E-state index in [0.717, 1.165) is 25.0 Å². The number of carboxylic acid groups (broad SMARTS) is 1. The van der Waals surface area contributed by atoms with Gasteiger partial charge >= 0.3 is 5.97 Å². The summed E-state index contributed by atoms with van der Waals surface area (Å²) in [6, 6.07) is 0. The van der Waals surface area contributed by atoms with Crippen LogP contribution in [-0.2, 0) is 9.59 Å². The maximum atomic E-state index is 11.0. The van der Waals surface area contributed by atoms with Crippen LogP contribution >= 0.6 is 0 Å². The van der Waals surface area contributed by atoms with Crippen LogP contribution in [0.1, 0.15) is 12.8 Å². The van der Waals surface area contributed by atoms with Crippen LogP contribution in [-0.4, -0.2) is 23.5 Å². The number of carbonyl (C=O) groups is 2. The van der Waals surface area contributed by atoms with Crippen molar-refractivity contribution in [2.75, 3.05) is 6.54 Å². The highest BCUT2D eigenvalue weighted by Crippen LogP contribution is 2.12. The van der Waals surface area contributed by atoms with E-state index in [-0.39, 0.29) is 5.91 Å². The predicted octanol–water partition coefficient (Wildman–Crippen LogP) is 1.02. The third-order valence-electron chi connectivity index (χ3n) is 1.97. The van der Waals surface area contributed by atoms with Gasteiger partial charge in [-0.05, 0) is 12.8 Å². The molecule has 0 unspecified atom stereocenters. The van der Waals surface area contributed by atoms with Crippen molar-refractivity contribution in [2.45, 2.75) is 12.8 Å². The first kappa shape index (κ1) is 11.2. The minimum absolute atomic E-state index is 0.371. The lowest BCUT2D eigenvalue weighted by Crippen LogP contribution is -2.22. The molecule has 0 saturated heterocycles. The van der Waals surface area contributed by atoms with Crippen molar-refractivity contribution in [1.29, 1.82) is 0 Å². The Bertz CT molecular complexity index is 340. The summed E-state index contributed by atoms with van der Waals surface area (Å²) < 4.78 is 0. The van der Waals surface area contributed by atoms with E-state index in [1.165, 1.54) is 5.57 Å². The molecular weight excluding hydrogens is 194 g/mol. The van der Waals surface area contributed by atoms with Gasteiger partial charge in [-0.1, -0.05) is 23.8 Å². The Balaban J connectivity index is 2.14. The zero-order valence-electron chi connectivity index (χ0n) is 8.27. The number of hydrogen-bond donors (Lipinski definition) is 2. The summed E-state index contributed by atoms with van der Waals surface area (Å²) in [5.41, 5.74) is 1.28. The molecule has 1 aliphatic carbocycles. The Morgan fingerprint density at radius 3 is 2.87 bits per heavy atom. The van der Waals surface area contributed by atoms with E-state index >= 15 is 0 Å². The number of nitrogens with one attached hydrogen (secondary N) is 1. The molecule has 0 fully saturated rings. The molecule has 1 rings (SSSR count). The van der Waals surface area contributed by atoms with E-state index in [1.54, 1.807) is 0 Å². The second-order valence-corrected chi connectivity index (χ2v) is 3.17. The van der Waals surface area contributed by atoms with Crippen LogP contribution in [0.4, 0.5) is 0 Å². The molecule has 0 radical (unpaired) electrons. The highest BCUT2D eigenvalue weighted by atomic mass is 16.4. The number of carbonyl (C=O) groups excluding carboxylic acids is 1. The maximum absolute atomic E-state index is 11.0. The molecule has 4 nitrogen and oxygen atoms in total. The van der Waals surface area contributed by atoms with Gasteiger partial charge in [-0.15, -0.1) is 0 Å². The van der Waals surface area contributed by atoms with Gasteiger partial charge in [-0.3, -0.25) is 4.79 Å². The molecule has 0 saturated carbocycles. The van der Waals surface area contributed by atoms with Crippen LogP contribution in [0.25, 0.3) is 0 Å². The van der Waals surface area contributed by atoms with Gasteiger partial charge in [-0.25, -0.2) is 4.79 Å². The Kier molecular flexibility index (Phi) is 4.34. The highest BCUT2D eigenvalue weighted by molar-refractivity contribution is 5.93. The fourth-order valence-electron chi connectivity index (χ4n) is 1.23. The lowest BCUT2D eigenvalue weighted by molar-refractivity contribution is -0.131. The normalized spacial score (nSPS) is 14.3. The summed E-state index contributed by atoms with van der Waals surface area (Å²) in [7, 11) is 0. The molecule has 0 heterocycles. The number of aliphatic carboxylic acids is 1. The number of allylic oxidation sites excluding steroid dienone is 3. The van der Waals surface area contributed by atoms with Crippen LogP contribution in [0.5, 0.6) is 0 Å². The molecule has 0 aromatic heterocycles. The van der Waals surface area contributed by atoms with Crippen LogP contribution < -0.4 is 5.32 Å². The van der Waals surface area contributed by atoms with Crippen molar-refractivity contribution in [3.8, 4) is 0 Å². The minimum Gasteiger partial charge on any atom is -0.478 e. The summed E-state index contributed by atoms with van der Waals surface area (Å²) in [5.74, 6) is -1.49. The number of hydrogen-bond acceptors (Lipinski definition) is 2. The van der Waals surface area contributed by atoms with Crippen molar-refractivity contribution in [1.82, 2.24) is 5.32 Å². The van der Waals surface area contributed by atoms with E-state index in [4.69, 9.17) is 5.11 Å². The number of amides is 1. The van der Waals surface area contributed by atoms with Crippen molar-refractivity contribution < 1.29 is 14.7 Å². The van der Waals surface area contributed by atoms with Gasteiger partial charge in [0, 0.05) is 18.7 Å². The molecule has 0 aromatic rings. The van der Waals surface area contributed by atoms with Crippen molar-refractivity contribution >= 4 is 11.9 Å². The van der Waals surface area contributed by atoms with E-state index in [9.17, 15) is 9.59 Å². The maximum Gasteiger partial charge on any atom is 0.328 e. The van der Waals surface area contributed by atoms with E-state index in [1.807, 2.05) is 12.2 Å². The van der Waals surface area contributed by atoms with Crippen molar-refractivity contribution in [3.63, 3.8) is 0 Å². The molecule has 1 aliphatic rings. The molecule has 4 heteroatoms. The van der Waals surface area contributed by atoms with E-state index in [2.05, 4.69) is 11.4 Å². The monoisotopic (exact) mass is 207 g/mol. The topological polar surface area (TPSA) is 66.4 Å². The second kappa shape index (κ2) is 5.80. The molecule has 2 N–H and O–H groups in total. The molecule has 0 aliphatic heterocycles. The van der Waals surface area contributed by atoms with Gasteiger partial charge in [0.1, 0.15) is 0 Å². The molecule has 0 bridgehead atoms. The van der Waals surface area contributed by atoms with Crippen molar-refractivity contribution in [2.24, 2.45) is 0 Å². The van der Waals surface area contributed by atoms with Gasteiger partial charge in [0.25, 0.3) is 0 Å². The molecular formula is C11H13NO3. The van der Waals surface area contributed by atoms with Crippen LogP contribution in [0.15, 0.2) is 36.0 Å². The summed E-state index contributed by atoms with van der Waals surface area (Å²) in [6.07, 6.45) is 9.66. The summed E-state index contributed by atoms with van der Waals surface area (Å²) >= 11 is 0. The van der Waals surface area contributed by atoms with Crippen LogP contribution in [0.2, 0.25) is 0 Å². The molecule has 0 aromatic carbocycles. The largest absolute Gasteiger partial charge is 0.478 e. The lowest BCUT2D eigenvalue weighted by atomic mass is 10.1. The molecule has 0 atom stereocenters. The summed E-state index contributed by atoms with van der Waals surface area (Å²) in [6.45, 7) is 0.538. The van der Waals surface area contributed by atoms with Gasteiger partial charge in [-0.2, -0.15) is 0 Å². The first-order valence-corrected chi connectivity index (χ1v) is 4.72. The molecule has 0 spiro atoms. The second-order valence-electron chi connectivity index (χ2n) is 3.17. The quantitative estimate of drug-likeness (QED) is 0.661. The predicted molar refractivity (Wildman–Crippen MR) is 56.2 cm³/mol. The van der Waals surface area contributed by atoms with Crippen LogP contribution in [0.3, 0.4) is 0 Å². The Hall–Kier alpha value is -1.84. The average molecular weight is 207 g/mol. The summed E-state index contributed by atoms with van der Waals surface area (Å²) in [5, 5.41) is 10.9. The fourth-order valence-corrected chi connectivity index (χ4v) is 1.23. The first-order chi connectivity index (χ1) is 7.18. The SMILES string of the molecule is O=C(O)/C=C/C(=O)NCCC1=CC=CC1. The Labute approximate surface area is 88.0 Å². The van der Waals surface area contributed by atoms with Gasteiger partial charge < -0.3 is 10.4 Å².